The smallest absolute Gasteiger partial charge is 0.345 e. The van der Waals surface area contributed by atoms with Gasteiger partial charge in [0.1, 0.15) is 5.75 Å². The molecule has 0 saturated carbocycles. The zero-order valence-electron chi connectivity index (χ0n) is 16.5. The van der Waals surface area contributed by atoms with Crippen molar-refractivity contribution in [3.05, 3.63) is 99.5 Å². The number of halogens is 2. The third kappa shape index (κ3) is 6.41. The molecule has 3 rings (SSSR count). The second-order valence-corrected chi connectivity index (χ2v) is 7.21. The number of rotatable bonds is 7. The van der Waals surface area contributed by atoms with E-state index in [1.807, 2.05) is 0 Å². The minimum absolute atomic E-state index is 0.266. The Bertz CT molecular complexity index is 1160. The van der Waals surface area contributed by atoms with Crippen LogP contribution in [0.3, 0.4) is 0 Å². The van der Waals surface area contributed by atoms with Gasteiger partial charge in [0.05, 0.1) is 33.9 Å². The summed E-state index contributed by atoms with van der Waals surface area (Å²) >= 11 is 11.9. The average molecular weight is 470 g/mol. The van der Waals surface area contributed by atoms with Gasteiger partial charge in [-0.05, 0) is 54.1 Å². The highest BCUT2D eigenvalue weighted by Crippen LogP contribution is 2.19. The Kier molecular flexibility index (Phi) is 7.96. The molecule has 32 heavy (non-hydrogen) atoms. The van der Waals surface area contributed by atoms with E-state index in [2.05, 4.69) is 15.8 Å². The molecule has 162 valence electrons. The summed E-state index contributed by atoms with van der Waals surface area (Å²) in [4.78, 5) is 36.0. The largest absolute Gasteiger partial charge is 0.423 e. The van der Waals surface area contributed by atoms with E-state index in [0.717, 1.165) is 0 Å². The molecule has 7 nitrogen and oxygen atoms in total. The molecule has 2 N–H and O–H groups in total. The lowest BCUT2D eigenvalue weighted by molar-refractivity contribution is -0.120. The molecule has 0 heterocycles. The number of hydrogen-bond donors (Lipinski definition) is 2. The Morgan fingerprint density at radius 1 is 0.844 bits per heavy atom. The molecule has 9 heteroatoms. The van der Waals surface area contributed by atoms with Crippen molar-refractivity contribution in [2.24, 2.45) is 5.10 Å². The zero-order chi connectivity index (χ0) is 22.9. The summed E-state index contributed by atoms with van der Waals surface area (Å²) in [5.41, 5.74) is 3.51. The predicted octanol–water partition coefficient (Wildman–Crippen LogP) is 4.09. The van der Waals surface area contributed by atoms with Crippen LogP contribution in [0.25, 0.3) is 0 Å². The minimum Gasteiger partial charge on any atom is -0.423 e. The normalized spacial score (nSPS) is 10.6. The predicted molar refractivity (Wildman–Crippen MR) is 122 cm³/mol. The molecular formula is C23H17Cl2N3O4. The molecule has 2 amide bonds. The molecule has 0 radical (unpaired) electrons. The van der Waals surface area contributed by atoms with Gasteiger partial charge in [0, 0.05) is 0 Å². The maximum absolute atomic E-state index is 12.2. The summed E-state index contributed by atoms with van der Waals surface area (Å²) in [5, 5.41) is 6.90. The maximum atomic E-state index is 12.2. The van der Waals surface area contributed by atoms with Crippen molar-refractivity contribution in [3.8, 4) is 5.75 Å². The van der Waals surface area contributed by atoms with E-state index in [0.29, 0.717) is 21.4 Å². The average Bonchev–Trinajstić information content (AvgIpc) is 2.79. The first-order valence-corrected chi connectivity index (χ1v) is 10.1. The van der Waals surface area contributed by atoms with Crippen LogP contribution in [-0.2, 0) is 4.79 Å². The third-order valence-corrected chi connectivity index (χ3v) is 4.77. The van der Waals surface area contributed by atoms with Crippen LogP contribution in [0.5, 0.6) is 5.75 Å². The van der Waals surface area contributed by atoms with Gasteiger partial charge in [0.25, 0.3) is 11.8 Å². The fourth-order valence-corrected chi connectivity index (χ4v) is 2.96. The van der Waals surface area contributed by atoms with Crippen molar-refractivity contribution in [1.29, 1.82) is 0 Å². The van der Waals surface area contributed by atoms with Crippen molar-refractivity contribution < 1.29 is 19.1 Å². The van der Waals surface area contributed by atoms with Gasteiger partial charge in [-0.2, -0.15) is 5.10 Å². The number of nitrogens with zero attached hydrogens (tertiary/aromatic N) is 1. The Balaban J connectivity index is 1.47. The van der Waals surface area contributed by atoms with E-state index in [-0.39, 0.29) is 17.7 Å². The molecule has 0 spiro atoms. The number of carbonyl (C=O) groups excluding carboxylic acids is 3. The summed E-state index contributed by atoms with van der Waals surface area (Å²) in [5.74, 6) is -1.20. The number of esters is 1. The van der Waals surface area contributed by atoms with E-state index < -0.39 is 17.8 Å². The lowest BCUT2D eigenvalue weighted by Gasteiger charge is -2.06. The van der Waals surface area contributed by atoms with Crippen LogP contribution in [0.15, 0.2) is 77.9 Å². The van der Waals surface area contributed by atoms with Gasteiger partial charge in [-0.3, -0.25) is 9.59 Å². The van der Waals surface area contributed by atoms with Crippen LogP contribution >= 0.6 is 23.2 Å². The van der Waals surface area contributed by atoms with E-state index >= 15 is 0 Å². The molecular weight excluding hydrogens is 453 g/mol. The lowest BCUT2D eigenvalue weighted by Crippen LogP contribution is -2.35. The molecule has 0 atom stereocenters. The molecule has 0 aromatic heterocycles. The highest BCUT2D eigenvalue weighted by molar-refractivity contribution is 6.34. The lowest BCUT2D eigenvalue weighted by atomic mass is 10.2. The monoisotopic (exact) mass is 469 g/mol. The molecule has 0 fully saturated rings. The number of benzene rings is 3. The van der Waals surface area contributed by atoms with Crippen LogP contribution < -0.4 is 15.5 Å². The number of hydrazone groups is 1. The van der Waals surface area contributed by atoms with Gasteiger partial charge in [-0.15, -0.1) is 0 Å². The van der Waals surface area contributed by atoms with Crippen LogP contribution in [-0.4, -0.2) is 30.5 Å². The van der Waals surface area contributed by atoms with Crippen LogP contribution in [0.4, 0.5) is 0 Å². The van der Waals surface area contributed by atoms with Crippen molar-refractivity contribution in [2.75, 3.05) is 6.54 Å². The van der Waals surface area contributed by atoms with Crippen molar-refractivity contribution in [2.45, 2.75) is 0 Å². The van der Waals surface area contributed by atoms with Crippen molar-refractivity contribution in [3.63, 3.8) is 0 Å². The highest BCUT2D eigenvalue weighted by Gasteiger charge is 2.12. The van der Waals surface area contributed by atoms with Gasteiger partial charge in [-0.1, -0.05) is 47.5 Å². The minimum atomic E-state index is -0.567. The summed E-state index contributed by atoms with van der Waals surface area (Å²) in [6, 6.07) is 19.6. The molecule has 0 aliphatic rings. The van der Waals surface area contributed by atoms with E-state index in [1.165, 1.54) is 6.21 Å². The first-order chi connectivity index (χ1) is 15.4. The van der Waals surface area contributed by atoms with Crippen molar-refractivity contribution in [1.82, 2.24) is 10.7 Å². The van der Waals surface area contributed by atoms with Gasteiger partial charge in [0.2, 0.25) is 0 Å². The Labute approximate surface area is 194 Å². The summed E-state index contributed by atoms with van der Waals surface area (Å²) in [6.07, 6.45) is 1.41. The van der Waals surface area contributed by atoms with Gasteiger partial charge in [-0.25, -0.2) is 10.2 Å². The summed E-state index contributed by atoms with van der Waals surface area (Å²) in [6.45, 7) is -0.266. The van der Waals surface area contributed by atoms with E-state index in [9.17, 15) is 14.4 Å². The second-order valence-electron chi connectivity index (χ2n) is 6.39. The van der Waals surface area contributed by atoms with Crippen LogP contribution in [0.1, 0.15) is 26.3 Å². The highest BCUT2D eigenvalue weighted by atomic mass is 35.5. The topological polar surface area (TPSA) is 96.9 Å². The van der Waals surface area contributed by atoms with E-state index in [4.69, 9.17) is 27.9 Å². The van der Waals surface area contributed by atoms with Gasteiger partial charge in [0.15, 0.2) is 0 Å². The van der Waals surface area contributed by atoms with Gasteiger partial charge < -0.3 is 10.1 Å². The van der Waals surface area contributed by atoms with Crippen LogP contribution in [0.2, 0.25) is 10.0 Å². The Morgan fingerprint density at radius 2 is 1.44 bits per heavy atom. The molecule has 0 bridgehead atoms. The quantitative estimate of drug-likeness (QED) is 0.235. The number of hydrogen-bond acceptors (Lipinski definition) is 5. The van der Waals surface area contributed by atoms with Gasteiger partial charge >= 0.3 is 5.97 Å². The van der Waals surface area contributed by atoms with Crippen molar-refractivity contribution >= 4 is 47.2 Å². The molecule has 0 unspecified atom stereocenters. The first-order valence-electron chi connectivity index (χ1n) is 9.35. The second kappa shape index (κ2) is 11.1. The number of ether oxygens (including phenoxy) is 1. The number of amides is 2. The third-order valence-electron chi connectivity index (χ3n) is 4.12. The summed E-state index contributed by atoms with van der Waals surface area (Å²) in [7, 11) is 0. The Morgan fingerprint density at radius 3 is 2.06 bits per heavy atom. The molecule has 0 saturated heterocycles. The molecule has 3 aromatic rings. The SMILES string of the molecule is O=C(CNC(=O)c1ccccc1Cl)N/N=C\c1ccc(OC(=O)c2ccccc2Cl)cc1. The first kappa shape index (κ1) is 23.0. The number of carbonyl (C=O) groups is 3. The fourth-order valence-electron chi connectivity index (χ4n) is 2.53. The van der Waals surface area contributed by atoms with Crippen LogP contribution in [0, 0.1) is 0 Å². The molecule has 0 aliphatic carbocycles. The summed E-state index contributed by atoms with van der Waals surface area (Å²) < 4.78 is 5.29. The van der Waals surface area contributed by atoms with E-state index in [1.54, 1.807) is 72.8 Å². The fraction of sp³-hybridized carbons (Fsp3) is 0.0435. The number of nitrogens with one attached hydrogen (secondary N) is 2. The Hall–Kier alpha value is -3.68. The molecule has 3 aromatic carbocycles. The maximum Gasteiger partial charge on any atom is 0.345 e. The zero-order valence-corrected chi connectivity index (χ0v) is 18.1. The standard InChI is InChI=1S/C23H17Cl2N3O4/c24-19-7-3-1-5-17(19)22(30)26-14-21(29)28-27-13-15-9-11-16(12-10-15)32-23(31)18-6-2-4-8-20(18)25/h1-13H,14H2,(H,26,30)(H,28,29)/b27-13-. The molecule has 0 aliphatic heterocycles.